The number of rotatable bonds is 3. The van der Waals surface area contributed by atoms with E-state index in [1.165, 1.54) is 0 Å². The number of hydrogen-bond donors (Lipinski definition) is 1. The van der Waals surface area contributed by atoms with E-state index in [9.17, 15) is 5.11 Å². The number of aryl methyl sites for hydroxylation is 1. The van der Waals surface area contributed by atoms with Gasteiger partial charge in [0.05, 0.1) is 29.4 Å². The lowest BCUT2D eigenvalue weighted by molar-refractivity contribution is -0.0725. The molecule has 0 atom stereocenters. The monoisotopic (exact) mass is 312 g/mol. The average Bonchev–Trinajstić information content (AvgIpc) is 2.93. The number of aliphatic hydroxyl groups is 1. The van der Waals surface area contributed by atoms with Gasteiger partial charge in [-0.2, -0.15) is 0 Å². The lowest BCUT2D eigenvalue weighted by Gasteiger charge is -2.33. The molecule has 1 saturated heterocycles. The highest BCUT2D eigenvalue weighted by Gasteiger charge is 2.32. The highest BCUT2D eigenvalue weighted by molar-refractivity contribution is 5.99. The Morgan fingerprint density at radius 2 is 2.09 bits per heavy atom. The van der Waals surface area contributed by atoms with Gasteiger partial charge in [0.15, 0.2) is 0 Å². The number of imidazole rings is 1. The summed E-state index contributed by atoms with van der Waals surface area (Å²) in [6.07, 6.45) is 5.66. The molecule has 3 aromatic rings. The number of hydrogen-bond acceptors (Lipinski definition) is 5. The maximum atomic E-state index is 10.9. The first kappa shape index (κ1) is 14.5. The van der Waals surface area contributed by atoms with E-state index in [4.69, 9.17) is 9.72 Å². The molecule has 1 aliphatic heterocycles. The van der Waals surface area contributed by atoms with Crippen LogP contribution >= 0.6 is 0 Å². The lowest BCUT2D eigenvalue weighted by atomic mass is 9.94. The summed E-state index contributed by atoms with van der Waals surface area (Å²) in [7, 11) is 0. The molecular weight excluding hydrogens is 292 g/mol. The second-order valence-corrected chi connectivity index (χ2v) is 6.17. The zero-order valence-electron chi connectivity index (χ0n) is 13.2. The summed E-state index contributed by atoms with van der Waals surface area (Å²) in [4.78, 5) is 13.6. The van der Waals surface area contributed by atoms with Gasteiger partial charge < -0.3 is 14.4 Å². The second-order valence-electron chi connectivity index (χ2n) is 6.17. The highest BCUT2D eigenvalue weighted by atomic mass is 16.5. The van der Waals surface area contributed by atoms with Crippen LogP contribution in [0.2, 0.25) is 0 Å². The van der Waals surface area contributed by atoms with Gasteiger partial charge in [0.2, 0.25) is 0 Å². The Morgan fingerprint density at radius 3 is 2.87 bits per heavy atom. The van der Waals surface area contributed by atoms with Crippen molar-refractivity contribution in [1.82, 2.24) is 19.5 Å². The molecule has 0 spiro atoms. The molecule has 4 heterocycles. The largest absolute Gasteiger partial charge is 0.388 e. The van der Waals surface area contributed by atoms with Crippen LogP contribution in [0.15, 0.2) is 24.5 Å². The summed E-state index contributed by atoms with van der Waals surface area (Å²) in [6.45, 7) is 3.80. The smallest absolute Gasteiger partial charge is 0.115 e. The molecule has 1 aliphatic rings. The van der Waals surface area contributed by atoms with Gasteiger partial charge in [-0.25, -0.2) is 4.98 Å². The van der Waals surface area contributed by atoms with Gasteiger partial charge >= 0.3 is 0 Å². The summed E-state index contributed by atoms with van der Waals surface area (Å²) >= 11 is 0. The van der Waals surface area contributed by atoms with Crippen molar-refractivity contribution in [3.05, 3.63) is 30.4 Å². The third-order valence-electron chi connectivity index (χ3n) is 4.60. The van der Waals surface area contributed by atoms with Crippen LogP contribution in [-0.4, -0.2) is 43.4 Å². The van der Waals surface area contributed by atoms with Crippen LogP contribution < -0.4 is 0 Å². The number of nitrogens with zero attached hydrogens (tertiary/aromatic N) is 4. The normalized spacial score (nSPS) is 17.8. The molecule has 4 rings (SSSR count). The molecule has 1 N–H and O–H groups in total. The van der Waals surface area contributed by atoms with Gasteiger partial charge in [-0.15, -0.1) is 0 Å². The third kappa shape index (κ3) is 2.48. The Balaban J connectivity index is 1.91. The summed E-state index contributed by atoms with van der Waals surface area (Å²) in [5.74, 6) is 0.958. The van der Waals surface area contributed by atoms with Crippen LogP contribution in [0.4, 0.5) is 0 Å². The number of fused-ring (bicyclic) bond motifs is 3. The van der Waals surface area contributed by atoms with Crippen LogP contribution in [0, 0.1) is 0 Å². The molecule has 0 amide bonds. The third-order valence-corrected chi connectivity index (χ3v) is 4.60. The highest BCUT2D eigenvalue weighted by Crippen LogP contribution is 2.28. The number of aromatic nitrogens is 4. The first-order valence-electron chi connectivity index (χ1n) is 8.09. The van der Waals surface area contributed by atoms with E-state index in [-0.39, 0.29) is 0 Å². The van der Waals surface area contributed by atoms with Gasteiger partial charge in [-0.1, -0.05) is 6.92 Å². The molecule has 0 aromatic carbocycles. The molecule has 0 aliphatic carbocycles. The van der Waals surface area contributed by atoms with E-state index in [0.29, 0.717) is 32.6 Å². The molecule has 6 nitrogen and oxygen atoms in total. The standard InChI is InChI=1S/C17H20N4O2/c1-2-14-20-13-10-19-12-4-3-7-18-15(12)16(13)21(14)11-17(22)5-8-23-9-6-17/h3-4,7,10,22H,2,5-6,8-9,11H2,1H3. The van der Waals surface area contributed by atoms with Crippen molar-refractivity contribution in [2.24, 2.45) is 0 Å². The summed E-state index contributed by atoms with van der Waals surface area (Å²) in [6, 6.07) is 3.84. The maximum absolute atomic E-state index is 10.9. The maximum Gasteiger partial charge on any atom is 0.115 e. The lowest BCUT2D eigenvalue weighted by Crippen LogP contribution is -2.40. The van der Waals surface area contributed by atoms with Gasteiger partial charge in [0.25, 0.3) is 0 Å². The molecular formula is C17H20N4O2. The molecule has 0 unspecified atom stereocenters. The first-order valence-corrected chi connectivity index (χ1v) is 8.09. The van der Waals surface area contributed by atoms with E-state index in [1.807, 2.05) is 12.1 Å². The van der Waals surface area contributed by atoms with Crippen molar-refractivity contribution >= 4 is 22.1 Å². The van der Waals surface area contributed by atoms with Crippen molar-refractivity contribution in [1.29, 1.82) is 0 Å². The van der Waals surface area contributed by atoms with E-state index in [2.05, 4.69) is 21.5 Å². The second kappa shape index (κ2) is 5.54. The quantitative estimate of drug-likeness (QED) is 0.801. The van der Waals surface area contributed by atoms with E-state index in [0.717, 1.165) is 34.3 Å². The fourth-order valence-electron chi connectivity index (χ4n) is 3.32. The van der Waals surface area contributed by atoms with Gasteiger partial charge in [-0.05, 0) is 12.1 Å². The molecule has 1 fully saturated rings. The predicted molar refractivity (Wildman–Crippen MR) is 87.2 cm³/mol. The Morgan fingerprint density at radius 1 is 1.26 bits per heavy atom. The molecule has 23 heavy (non-hydrogen) atoms. The summed E-state index contributed by atoms with van der Waals surface area (Å²) in [5, 5.41) is 10.9. The minimum Gasteiger partial charge on any atom is -0.388 e. The number of ether oxygens (including phenoxy) is 1. The molecule has 6 heteroatoms. The van der Waals surface area contributed by atoms with Gasteiger partial charge in [-0.3, -0.25) is 9.97 Å². The van der Waals surface area contributed by atoms with Crippen LogP contribution in [0.3, 0.4) is 0 Å². The van der Waals surface area contributed by atoms with Crippen molar-refractivity contribution in [2.75, 3.05) is 13.2 Å². The fourth-order valence-corrected chi connectivity index (χ4v) is 3.32. The Labute approximate surface area is 134 Å². The SMILES string of the molecule is CCc1nc2cnc3cccnc3c2n1CC1(O)CCOCC1. The van der Waals surface area contributed by atoms with Crippen LogP contribution in [-0.2, 0) is 17.7 Å². The summed E-state index contributed by atoms with van der Waals surface area (Å²) < 4.78 is 7.51. The minimum atomic E-state index is -0.750. The first-order chi connectivity index (χ1) is 11.2. The van der Waals surface area contributed by atoms with Crippen molar-refractivity contribution < 1.29 is 9.84 Å². The zero-order valence-corrected chi connectivity index (χ0v) is 13.2. The predicted octanol–water partition coefficient (Wildman–Crippen LogP) is 2.08. The summed E-state index contributed by atoms with van der Waals surface area (Å²) in [5.41, 5.74) is 2.74. The fraction of sp³-hybridized carbons (Fsp3) is 0.471. The van der Waals surface area contributed by atoms with Crippen LogP contribution in [0.1, 0.15) is 25.6 Å². The Kier molecular flexibility index (Phi) is 3.50. The molecule has 0 radical (unpaired) electrons. The molecule has 120 valence electrons. The van der Waals surface area contributed by atoms with Crippen molar-refractivity contribution in [3.63, 3.8) is 0 Å². The van der Waals surface area contributed by atoms with Gasteiger partial charge in [0.1, 0.15) is 16.9 Å². The van der Waals surface area contributed by atoms with E-state index < -0.39 is 5.60 Å². The topological polar surface area (TPSA) is 73.1 Å². The molecule has 0 bridgehead atoms. The Bertz CT molecular complexity index is 852. The van der Waals surface area contributed by atoms with Crippen LogP contribution in [0.25, 0.3) is 22.1 Å². The number of pyridine rings is 2. The zero-order chi connectivity index (χ0) is 15.9. The van der Waals surface area contributed by atoms with Crippen molar-refractivity contribution in [3.8, 4) is 0 Å². The molecule has 3 aromatic heterocycles. The Hall–Kier alpha value is -2.05. The van der Waals surface area contributed by atoms with Crippen LogP contribution in [0.5, 0.6) is 0 Å². The minimum absolute atomic E-state index is 0.520. The van der Waals surface area contributed by atoms with E-state index in [1.54, 1.807) is 12.4 Å². The molecule has 0 saturated carbocycles. The average molecular weight is 312 g/mol. The van der Waals surface area contributed by atoms with E-state index >= 15 is 0 Å². The van der Waals surface area contributed by atoms with Gasteiger partial charge in [0, 0.05) is 38.7 Å². The van der Waals surface area contributed by atoms with Crippen molar-refractivity contribution in [2.45, 2.75) is 38.3 Å².